The number of esters is 2. The average Bonchev–Trinajstić information content (AvgIpc) is 3.09. The van der Waals surface area contributed by atoms with Crippen molar-refractivity contribution in [2.24, 2.45) is 0 Å². The fourth-order valence-corrected chi connectivity index (χ4v) is 6.93. The highest BCUT2D eigenvalue weighted by Gasteiger charge is 2.27. The molecule has 0 aliphatic heterocycles. The molecule has 0 fully saturated rings. The minimum Gasteiger partial charge on any atom is -0.462 e. The summed E-state index contributed by atoms with van der Waals surface area (Å²) in [5, 5.41) is 0. The molecule has 0 aromatic rings. The van der Waals surface area contributed by atoms with Crippen molar-refractivity contribution in [3.05, 3.63) is 0 Å². The second-order valence-corrected chi connectivity index (χ2v) is 17.6. The summed E-state index contributed by atoms with van der Waals surface area (Å²) in [5.74, 6) is -0.793. The number of quaternary nitrogens is 1. The Bertz CT molecular complexity index is 865. The van der Waals surface area contributed by atoms with E-state index in [0.717, 1.165) is 38.5 Å². The van der Waals surface area contributed by atoms with Crippen LogP contribution in [0.5, 0.6) is 0 Å². The van der Waals surface area contributed by atoms with E-state index in [0.29, 0.717) is 23.9 Å². The van der Waals surface area contributed by atoms with Crippen molar-refractivity contribution in [2.75, 3.05) is 47.5 Å². The fraction of sp³-hybridized carbons (Fsp3) is 0.952. The van der Waals surface area contributed by atoms with Crippen LogP contribution in [0, 0.1) is 0 Å². The van der Waals surface area contributed by atoms with Crippen LogP contribution in [-0.4, -0.2) is 74.9 Å². The zero-order valence-electron chi connectivity index (χ0n) is 34.8. The van der Waals surface area contributed by atoms with Gasteiger partial charge in [0.15, 0.2) is 6.10 Å². The predicted octanol–water partition coefficient (Wildman–Crippen LogP) is 12.0. The summed E-state index contributed by atoms with van der Waals surface area (Å²) in [6, 6.07) is 0. The molecule has 0 heterocycles. The Balaban J connectivity index is 4.10. The largest absolute Gasteiger partial charge is 0.472 e. The third-order valence-electron chi connectivity index (χ3n) is 9.64. The van der Waals surface area contributed by atoms with Crippen molar-refractivity contribution < 1.29 is 42.1 Å². The van der Waals surface area contributed by atoms with Crippen LogP contribution in [0.1, 0.15) is 206 Å². The molecule has 10 heteroatoms. The van der Waals surface area contributed by atoms with E-state index in [4.69, 9.17) is 18.5 Å². The topological polar surface area (TPSA) is 108 Å². The van der Waals surface area contributed by atoms with E-state index in [1.54, 1.807) is 0 Å². The molecule has 1 N–H and O–H groups in total. The molecule has 1 unspecified atom stereocenters. The molecule has 310 valence electrons. The average molecular weight is 763 g/mol. The quantitative estimate of drug-likeness (QED) is 0.0284. The van der Waals surface area contributed by atoms with Gasteiger partial charge in [0, 0.05) is 12.8 Å². The van der Waals surface area contributed by atoms with Crippen LogP contribution >= 0.6 is 7.82 Å². The first-order chi connectivity index (χ1) is 25.0. The van der Waals surface area contributed by atoms with Crippen molar-refractivity contribution in [3.8, 4) is 0 Å². The number of nitrogens with zero attached hydrogens (tertiary/aromatic N) is 1. The number of likely N-dealkylation sites (N-methyl/N-ethyl adjacent to an activating group) is 1. The lowest BCUT2D eigenvalue weighted by Gasteiger charge is -2.24. The zero-order valence-corrected chi connectivity index (χ0v) is 35.7. The lowest BCUT2D eigenvalue weighted by atomic mass is 10.0. The Hall–Kier alpha value is -0.990. The molecule has 0 aliphatic rings. The summed E-state index contributed by atoms with van der Waals surface area (Å²) in [4.78, 5) is 35.1. The maximum absolute atomic E-state index is 12.5. The van der Waals surface area contributed by atoms with Crippen molar-refractivity contribution >= 4 is 19.8 Å². The van der Waals surface area contributed by atoms with Gasteiger partial charge in [-0.15, -0.1) is 0 Å². The van der Waals surface area contributed by atoms with E-state index in [-0.39, 0.29) is 25.6 Å². The van der Waals surface area contributed by atoms with Crippen molar-refractivity contribution in [2.45, 2.75) is 213 Å². The number of hydrogen-bond acceptors (Lipinski definition) is 7. The molecule has 2 atom stereocenters. The normalized spacial score (nSPS) is 13.6. The van der Waals surface area contributed by atoms with Crippen LogP contribution < -0.4 is 0 Å². The first-order valence-corrected chi connectivity index (χ1v) is 23.3. The third kappa shape index (κ3) is 38.7. The Morgan fingerprint density at radius 2 is 0.865 bits per heavy atom. The van der Waals surface area contributed by atoms with Gasteiger partial charge >= 0.3 is 19.8 Å². The minimum absolute atomic E-state index is 0.0362. The molecule has 9 nitrogen and oxygen atoms in total. The Morgan fingerprint density at radius 3 is 1.23 bits per heavy atom. The molecular formula is C42H85NO8P+. The van der Waals surface area contributed by atoms with Crippen LogP contribution in [0.15, 0.2) is 0 Å². The van der Waals surface area contributed by atoms with Gasteiger partial charge in [-0.1, -0.05) is 181 Å². The van der Waals surface area contributed by atoms with Crippen molar-refractivity contribution in [3.63, 3.8) is 0 Å². The fourth-order valence-electron chi connectivity index (χ4n) is 6.19. The van der Waals surface area contributed by atoms with Gasteiger partial charge in [0.1, 0.15) is 19.8 Å². The zero-order chi connectivity index (χ0) is 38.6. The monoisotopic (exact) mass is 763 g/mol. The molecular weight excluding hydrogens is 677 g/mol. The van der Waals surface area contributed by atoms with Crippen LogP contribution in [0.2, 0.25) is 0 Å². The first-order valence-electron chi connectivity index (χ1n) is 21.8. The summed E-state index contributed by atoms with van der Waals surface area (Å²) < 4.78 is 34.1. The third-order valence-corrected chi connectivity index (χ3v) is 10.6. The second kappa shape index (κ2) is 35.7. The van der Waals surface area contributed by atoms with E-state index in [1.165, 1.54) is 135 Å². The summed E-state index contributed by atoms with van der Waals surface area (Å²) >= 11 is 0. The number of hydrogen-bond donors (Lipinski definition) is 1. The number of phosphoric ester groups is 1. The Kier molecular flexibility index (Phi) is 35.0. The molecule has 0 bridgehead atoms. The summed E-state index contributed by atoms with van der Waals surface area (Å²) in [6.07, 6.45) is 34.6. The van der Waals surface area contributed by atoms with Gasteiger partial charge in [0.25, 0.3) is 0 Å². The maximum Gasteiger partial charge on any atom is 0.472 e. The molecule has 0 aliphatic carbocycles. The summed E-state index contributed by atoms with van der Waals surface area (Å²) in [7, 11) is 1.49. The Morgan fingerprint density at radius 1 is 0.519 bits per heavy atom. The van der Waals surface area contributed by atoms with E-state index < -0.39 is 26.5 Å². The first kappa shape index (κ1) is 51.0. The molecule has 0 saturated heterocycles. The SMILES string of the molecule is CCCCCCCCCCCCCCCCCCCCCCCC(=O)OC[C@@H](COP(=O)(O)OCC[N+](C)(C)C)OC(=O)CCCCCCCCC. The lowest BCUT2D eigenvalue weighted by molar-refractivity contribution is -0.870. The highest BCUT2D eigenvalue weighted by molar-refractivity contribution is 7.47. The number of ether oxygens (including phenoxy) is 2. The van der Waals surface area contributed by atoms with Gasteiger partial charge in [0.05, 0.1) is 27.7 Å². The smallest absolute Gasteiger partial charge is 0.462 e. The van der Waals surface area contributed by atoms with E-state index in [1.807, 2.05) is 21.1 Å². The van der Waals surface area contributed by atoms with Gasteiger partial charge in [0.2, 0.25) is 0 Å². The van der Waals surface area contributed by atoms with Gasteiger partial charge in [-0.25, -0.2) is 4.57 Å². The van der Waals surface area contributed by atoms with E-state index in [9.17, 15) is 19.0 Å². The van der Waals surface area contributed by atoms with Gasteiger partial charge in [-0.2, -0.15) is 0 Å². The molecule has 0 rings (SSSR count). The maximum atomic E-state index is 12.5. The predicted molar refractivity (Wildman–Crippen MR) is 215 cm³/mol. The van der Waals surface area contributed by atoms with Crippen LogP contribution in [0.4, 0.5) is 0 Å². The summed E-state index contributed by atoms with van der Waals surface area (Å²) in [6.45, 7) is 4.40. The molecule has 0 saturated carbocycles. The molecule has 0 spiro atoms. The molecule has 0 radical (unpaired) electrons. The second-order valence-electron chi connectivity index (χ2n) is 16.1. The minimum atomic E-state index is -4.36. The highest BCUT2D eigenvalue weighted by Crippen LogP contribution is 2.43. The van der Waals surface area contributed by atoms with E-state index >= 15 is 0 Å². The number of rotatable bonds is 40. The van der Waals surface area contributed by atoms with Crippen molar-refractivity contribution in [1.29, 1.82) is 0 Å². The van der Waals surface area contributed by atoms with Gasteiger partial charge in [-0.05, 0) is 12.8 Å². The molecule has 0 aromatic carbocycles. The number of carbonyl (C=O) groups excluding carboxylic acids is 2. The molecule has 0 aromatic heterocycles. The van der Waals surface area contributed by atoms with Crippen molar-refractivity contribution in [1.82, 2.24) is 0 Å². The summed E-state index contributed by atoms with van der Waals surface area (Å²) in [5.41, 5.74) is 0. The lowest BCUT2D eigenvalue weighted by Crippen LogP contribution is -2.37. The molecule has 52 heavy (non-hydrogen) atoms. The number of carbonyl (C=O) groups is 2. The standard InChI is InChI=1S/C42H84NO8P/c1-6-8-10-12-14-15-16-17-18-19-20-21-22-23-24-25-26-27-29-30-32-34-41(44)48-38-40(39-50-52(46,47)49-37-36-43(3,4)5)51-42(45)35-33-31-28-13-11-9-7-2/h40H,6-39H2,1-5H3/p+1/t40-/m0/s1. The highest BCUT2D eigenvalue weighted by atomic mass is 31.2. The molecule has 0 amide bonds. The van der Waals surface area contributed by atoms with Crippen LogP contribution in [0.25, 0.3) is 0 Å². The number of unbranched alkanes of at least 4 members (excludes halogenated alkanes) is 26. The van der Waals surface area contributed by atoms with E-state index in [2.05, 4.69) is 13.8 Å². The van der Waals surface area contributed by atoms with Crippen LogP contribution in [-0.2, 0) is 32.7 Å². The number of phosphoric acid groups is 1. The van der Waals surface area contributed by atoms with Gasteiger partial charge in [-0.3, -0.25) is 18.6 Å². The Labute approximate surface area is 321 Å². The van der Waals surface area contributed by atoms with Gasteiger partial charge < -0.3 is 18.9 Å². The van der Waals surface area contributed by atoms with Crippen LogP contribution in [0.3, 0.4) is 0 Å².